The van der Waals surface area contributed by atoms with Gasteiger partial charge in [-0.25, -0.2) is 4.98 Å². The van der Waals surface area contributed by atoms with Crippen molar-refractivity contribution in [3.8, 4) is 39.9 Å². The van der Waals surface area contributed by atoms with E-state index in [1.165, 1.54) is 16.3 Å². The second-order valence-corrected chi connectivity index (χ2v) is 12.1. The normalized spacial score (nSPS) is 11.8. The molecule has 0 aliphatic rings. The van der Waals surface area contributed by atoms with E-state index in [9.17, 15) is 0 Å². The molecule has 0 radical (unpaired) electrons. The van der Waals surface area contributed by atoms with Crippen molar-refractivity contribution in [3.05, 3.63) is 158 Å². The molecule has 0 bridgehead atoms. The quantitative estimate of drug-likeness (QED) is 0.198. The number of fused-ring (bicyclic) bond motifs is 7. The summed E-state index contributed by atoms with van der Waals surface area (Å²) in [7, 11) is 0. The highest BCUT2D eigenvalue weighted by molar-refractivity contribution is 6.10. The number of para-hydroxylation sites is 2. The summed E-state index contributed by atoms with van der Waals surface area (Å²) >= 11 is 0. The fraction of sp³-hybridized carbons (Fsp3) is 0. The van der Waals surface area contributed by atoms with E-state index in [0.29, 0.717) is 17.6 Å². The number of nitrogens with zero attached hydrogens (tertiary/aromatic N) is 4. The fourth-order valence-corrected chi connectivity index (χ4v) is 7.01. The van der Waals surface area contributed by atoms with E-state index in [1.54, 1.807) is 0 Å². The predicted octanol–water partition coefficient (Wildman–Crippen LogP) is 11.0. The van der Waals surface area contributed by atoms with Crippen LogP contribution >= 0.6 is 0 Å². The van der Waals surface area contributed by atoms with Gasteiger partial charge < -0.3 is 4.42 Å². The van der Waals surface area contributed by atoms with E-state index in [2.05, 4.69) is 126 Å². The van der Waals surface area contributed by atoms with Crippen LogP contribution < -0.4 is 0 Å². The molecule has 48 heavy (non-hydrogen) atoms. The minimum atomic E-state index is 0.570. The molecule has 5 nitrogen and oxygen atoms in total. The minimum Gasteiger partial charge on any atom is -0.456 e. The predicted molar refractivity (Wildman–Crippen MR) is 195 cm³/mol. The monoisotopic (exact) mass is 614 g/mol. The van der Waals surface area contributed by atoms with Crippen molar-refractivity contribution in [2.75, 3.05) is 0 Å². The third-order valence-corrected chi connectivity index (χ3v) is 9.27. The summed E-state index contributed by atoms with van der Waals surface area (Å²) < 4.78 is 8.58. The lowest BCUT2D eigenvalue weighted by Gasteiger charge is -2.10. The molecule has 0 saturated carbocycles. The van der Waals surface area contributed by atoms with Gasteiger partial charge in [-0.1, -0.05) is 121 Å². The van der Waals surface area contributed by atoms with E-state index in [-0.39, 0.29) is 0 Å². The Morgan fingerprint density at radius 2 is 1.04 bits per heavy atom. The van der Waals surface area contributed by atoms with Crippen molar-refractivity contribution in [1.29, 1.82) is 0 Å². The zero-order chi connectivity index (χ0) is 31.6. The van der Waals surface area contributed by atoms with E-state index in [4.69, 9.17) is 19.4 Å². The maximum atomic E-state index is 6.45. The van der Waals surface area contributed by atoms with E-state index in [0.717, 1.165) is 60.4 Å². The van der Waals surface area contributed by atoms with E-state index in [1.807, 2.05) is 36.4 Å². The first-order chi connectivity index (χ1) is 23.8. The van der Waals surface area contributed by atoms with Crippen molar-refractivity contribution in [1.82, 2.24) is 19.5 Å². The van der Waals surface area contributed by atoms with Gasteiger partial charge in [-0.3, -0.25) is 4.57 Å². The number of hydrogen-bond donors (Lipinski definition) is 0. The number of rotatable bonds is 4. The van der Waals surface area contributed by atoms with Crippen molar-refractivity contribution < 1.29 is 4.42 Å². The lowest BCUT2D eigenvalue weighted by atomic mass is 9.97. The van der Waals surface area contributed by atoms with Crippen LogP contribution in [0.4, 0.5) is 0 Å². The minimum absolute atomic E-state index is 0.570. The van der Waals surface area contributed by atoms with Crippen molar-refractivity contribution in [2.24, 2.45) is 0 Å². The van der Waals surface area contributed by atoms with Gasteiger partial charge in [0.25, 0.3) is 0 Å². The molecule has 5 heteroatoms. The zero-order valence-electron chi connectivity index (χ0n) is 25.7. The van der Waals surface area contributed by atoms with Crippen LogP contribution in [0, 0.1) is 0 Å². The summed E-state index contributed by atoms with van der Waals surface area (Å²) in [6.07, 6.45) is 0. The molecule has 0 N–H and O–H groups in total. The zero-order valence-corrected chi connectivity index (χ0v) is 25.7. The standard InChI is InChI=1S/C43H26N4O/c1-2-12-28(13-3-1)41-44-42(46-43(45-41)47-37-19-8-6-16-33(37)34-17-7-9-20-38(34)47)30-21-23-35-36-25-29(22-24-39(36)48-40(35)26-30)32-18-10-14-27-11-4-5-15-31(27)32/h1-26H. The van der Waals surface area contributed by atoms with Crippen LogP contribution in [0.25, 0.3) is 94.4 Å². The van der Waals surface area contributed by atoms with Crippen LogP contribution in [-0.4, -0.2) is 19.5 Å². The highest BCUT2D eigenvalue weighted by atomic mass is 16.3. The lowest BCUT2D eigenvalue weighted by Crippen LogP contribution is -2.06. The van der Waals surface area contributed by atoms with Crippen LogP contribution in [0.15, 0.2) is 162 Å². The third kappa shape index (κ3) is 4.15. The molecule has 3 aromatic heterocycles. The Kier molecular flexibility index (Phi) is 5.81. The number of furan rings is 1. The molecule has 0 fully saturated rings. The smallest absolute Gasteiger partial charge is 0.238 e. The highest BCUT2D eigenvalue weighted by Crippen LogP contribution is 2.37. The molecule has 224 valence electrons. The molecule has 10 aromatic rings. The first kappa shape index (κ1) is 26.6. The van der Waals surface area contributed by atoms with Crippen molar-refractivity contribution in [3.63, 3.8) is 0 Å². The Balaban J connectivity index is 1.16. The molecule has 0 unspecified atom stereocenters. The Labute approximate surface area is 275 Å². The number of hydrogen-bond acceptors (Lipinski definition) is 4. The second kappa shape index (κ2) is 10.5. The topological polar surface area (TPSA) is 56.7 Å². The summed E-state index contributed by atoms with van der Waals surface area (Å²) in [6.45, 7) is 0. The van der Waals surface area contributed by atoms with E-state index < -0.39 is 0 Å². The van der Waals surface area contributed by atoms with Crippen LogP contribution in [0.1, 0.15) is 0 Å². The average Bonchev–Trinajstić information content (AvgIpc) is 3.70. The van der Waals surface area contributed by atoms with Gasteiger partial charge in [-0.2, -0.15) is 9.97 Å². The van der Waals surface area contributed by atoms with Gasteiger partial charge >= 0.3 is 0 Å². The molecular weight excluding hydrogens is 589 g/mol. The van der Waals surface area contributed by atoms with Gasteiger partial charge in [0.05, 0.1) is 11.0 Å². The summed E-state index contributed by atoms with van der Waals surface area (Å²) in [5.41, 5.74) is 7.88. The van der Waals surface area contributed by atoms with Crippen molar-refractivity contribution >= 4 is 54.5 Å². The molecule has 10 rings (SSSR count). The molecule has 0 aliphatic carbocycles. The highest BCUT2D eigenvalue weighted by Gasteiger charge is 2.18. The Hall–Kier alpha value is -6.59. The maximum absolute atomic E-state index is 6.45. The SMILES string of the molecule is c1ccc(-c2nc(-c3ccc4c(c3)oc3ccc(-c5cccc6ccccc56)cc34)nc(-n3c4ccccc4c4ccccc43)n2)cc1. The van der Waals surface area contributed by atoms with Crippen LogP contribution in [0.2, 0.25) is 0 Å². The van der Waals surface area contributed by atoms with Gasteiger partial charge in [0.2, 0.25) is 5.95 Å². The van der Waals surface area contributed by atoms with Crippen LogP contribution in [0.3, 0.4) is 0 Å². The largest absolute Gasteiger partial charge is 0.456 e. The molecule has 0 amide bonds. The van der Waals surface area contributed by atoms with Crippen molar-refractivity contribution in [2.45, 2.75) is 0 Å². The first-order valence-electron chi connectivity index (χ1n) is 16.0. The molecule has 7 aromatic carbocycles. The van der Waals surface area contributed by atoms with Crippen LogP contribution in [-0.2, 0) is 0 Å². The third-order valence-electron chi connectivity index (χ3n) is 9.27. The molecule has 0 spiro atoms. The summed E-state index contributed by atoms with van der Waals surface area (Å²) in [5, 5.41) is 6.90. The Morgan fingerprint density at radius 1 is 0.396 bits per heavy atom. The maximum Gasteiger partial charge on any atom is 0.238 e. The van der Waals surface area contributed by atoms with Gasteiger partial charge in [-0.05, 0) is 58.3 Å². The van der Waals surface area contributed by atoms with E-state index >= 15 is 0 Å². The Morgan fingerprint density at radius 3 is 1.83 bits per heavy atom. The molecule has 3 heterocycles. The fourth-order valence-electron chi connectivity index (χ4n) is 7.01. The summed E-state index contributed by atoms with van der Waals surface area (Å²) in [5.74, 6) is 1.77. The van der Waals surface area contributed by atoms with Gasteiger partial charge in [0.15, 0.2) is 11.6 Å². The first-order valence-corrected chi connectivity index (χ1v) is 16.0. The van der Waals surface area contributed by atoms with Gasteiger partial charge in [0, 0.05) is 32.7 Å². The van der Waals surface area contributed by atoms with Gasteiger partial charge in [-0.15, -0.1) is 0 Å². The molecule has 0 atom stereocenters. The summed E-state index contributed by atoms with van der Waals surface area (Å²) in [4.78, 5) is 15.2. The number of aromatic nitrogens is 4. The Bertz CT molecular complexity index is 2790. The molecular formula is C43H26N4O. The average molecular weight is 615 g/mol. The second-order valence-electron chi connectivity index (χ2n) is 12.1. The lowest BCUT2D eigenvalue weighted by molar-refractivity contribution is 0.669. The molecule has 0 saturated heterocycles. The number of benzene rings is 7. The summed E-state index contributed by atoms with van der Waals surface area (Å²) in [6, 6.07) is 54.5. The molecule has 0 aliphatic heterocycles. The van der Waals surface area contributed by atoms with Gasteiger partial charge in [0.1, 0.15) is 11.2 Å². The van der Waals surface area contributed by atoms with Crippen LogP contribution in [0.5, 0.6) is 0 Å².